The quantitative estimate of drug-likeness (QED) is 0.371. The lowest BCUT2D eigenvalue weighted by molar-refractivity contribution is -0.398. The molecule has 21 heavy (non-hydrogen) atoms. The summed E-state index contributed by atoms with van der Waals surface area (Å²) in [7, 11) is 0. The molecule has 0 heterocycles. The summed E-state index contributed by atoms with van der Waals surface area (Å²) >= 11 is 7.39. The van der Waals surface area contributed by atoms with Crippen molar-refractivity contribution in [3.05, 3.63) is 57.1 Å². The SMILES string of the molecule is CSc1ccc(N=Cc2cc(Cl)cc([N+](=O)[O-])c2[O-])cc1. The second-order valence-corrected chi connectivity index (χ2v) is 5.37. The highest BCUT2D eigenvalue weighted by Gasteiger charge is 2.11. The lowest BCUT2D eigenvalue weighted by atomic mass is 10.2. The van der Waals surface area contributed by atoms with E-state index in [1.54, 1.807) is 23.9 Å². The lowest BCUT2D eigenvalue weighted by Crippen LogP contribution is -2.02. The molecule has 2 aromatic rings. The first-order valence-electron chi connectivity index (χ1n) is 5.84. The molecule has 0 radical (unpaired) electrons. The van der Waals surface area contributed by atoms with Crippen molar-refractivity contribution >= 4 is 41.0 Å². The van der Waals surface area contributed by atoms with Gasteiger partial charge in [0.1, 0.15) is 0 Å². The van der Waals surface area contributed by atoms with Gasteiger partial charge in [-0.3, -0.25) is 15.1 Å². The van der Waals surface area contributed by atoms with Crippen LogP contribution < -0.4 is 5.11 Å². The number of hydrogen-bond donors (Lipinski definition) is 0. The fraction of sp³-hybridized carbons (Fsp3) is 0.0714. The van der Waals surface area contributed by atoms with Crippen molar-refractivity contribution in [1.82, 2.24) is 0 Å². The summed E-state index contributed by atoms with van der Waals surface area (Å²) < 4.78 is 0. The summed E-state index contributed by atoms with van der Waals surface area (Å²) in [6, 6.07) is 9.79. The molecule has 0 saturated carbocycles. The Morgan fingerprint density at radius 2 is 1.95 bits per heavy atom. The minimum absolute atomic E-state index is 0.0862. The second-order valence-electron chi connectivity index (χ2n) is 4.06. The summed E-state index contributed by atoms with van der Waals surface area (Å²) in [6.07, 6.45) is 3.25. The van der Waals surface area contributed by atoms with E-state index in [0.717, 1.165) is 11.0 Å². The van der Waals surface area contributed by atoms with Crippen molar-refractivity contribution < 1.29 is 10.0 Å². The molecule has 0 unspecified atom stereocenters. The number of thioether (sulfide) groups is 1. The molecule has 108 valence electrons. The summed E-state index contributed by atoms with van der Waals surface area (Å²) in [5, 5.41) is 22.8. The standard InChI is InChI=1S/C14H11ClN2O3S/c1-21-12-4-2-11(3-5-12)16-8-9-6-10(15)7-13(14(9)18)17(19)20/h2-8,18H,1H3/p-1. The van der Waals surface area contributed by atoms with Crippen molar-refractivity contribution in [3.63, 3.8) is 0 Å². The summed E-state index contributed by atoms with van der Waals surface area (Å²) in [6.45, 7) is 0. The zero-order valence-corrected chi connectivity index (χ0v) is 12.5. The van der Waals surface area contributed by atoms with Gasteiger partial charge in [0.2, 0.25) is 0 Å². The monoisotopic (exact) mass is 321 g/mol. The second kappa shape index (κ2) is 6.60. The van der Waals surface area contributed by atoms with E-state index in [0.29, 0.717) is 5.69 Å². The molecule has 0 aromatic heterocycles. The van der Waals surface area contributed by atoms with E-state index in [4.69, 9.17) is 11.6 Å². The van der Waals surface area contributed by atoms with Crippen LogP contribution >= 0.6 is 23.4 Å². The highest BCUT2D eigenvalue weighted by atomic mass is 35.5. The third kappa shape index (κ3) is 3.74. The molecule has 0 spiro atoms. The van der Waals surface area contributed by atoms with Crippen LogP contribution in [0.5, 0.6) is 5.75 Å². The number of halogens is 1. The van der Waals surface area contributed by atoms with Crippen molar-refractivity contribution in [3.8, 4) is 5.75 Å². The van der Waals surface area contributed by atoms with Crippen LogP contribution in [0.25, 0.3) is 0 Å². The zero-order valence-electron chi connectivity index (χ0n) is 10.9. The van der Waals surface area contributed by atoms with Gasteiger partial charge in [-0.05, 0) is 47.9 Å². The summed E-state index contributed by atoms with van der Waals surface area (Å²) in [5.74, 6) is -0.700. The molecule has 0 amide bonds. The molecule has 2 aromatic carbocycles. The van der Waals surface area contributed by atoms with Gasteiger partial charge >= 0.3 is 0 Å². The number of benzene rings is 2. The molecule has 0 aliphatic carbocycles. The average Bonchev–Trinajstić information content (AvgIpc) is 2.48. The van der Waals surface area contributed by atoms with Gasteiger partial charge in [-0.2, -0.15) is 0 Å². The van der Waals surface area contributed by atoms with E-state index in [9.17, 15) is 15.2 Å². The molecule has 0 saturated heterocycles. The van der Waals surface area contributed by atoms with Crippen molar-refractivity contribution in [2.45, 2.75) is 4.90 Å². The van der Waals surface area contributed by atoms with Gasteiger partial charge < -0.3 is 5.11 Å². The molecule has 0 aliphatic heterocycles. The maximum Gasteiger partial charge on any atom is 0.263 e. The molecule has 7 heteroatoms. The fourth-order valence-corrected chi connectivity index (χ4v) is 2.27. The number of hydrogen-bond acceptors (Lipinski definition) is 5. The Bertz CT molecular complexity index is 702. The van der Waals surface area contributed by atoms with E-state index in [-0.39, 0.29) is 10.6 Å². The largest absolute Gasteiger partial charge is 0.867 e. The van der Waals surface area contributed by atoms with Gasteiger partial charge in [0.25, 0.3) is 5.69 Å². The summed E-state index contributed by atoms with van der Waals surface area (Å²) in [5.41, 5.74) is 0.180. The van der Waals surface area contributed by atoms with Gasteiger partial charge in [0.15, 0.2) is 0 Å². The highest BCUT2D eigenvalue weighted by Crippen LogP contribution is 2.30. The van der Waals surface area contributed by atoms with Crippen LogP contribution in [0.3, 0.4) is 0 Å². The number of rotatable bonds is 4. The predicted molar refractivity (Wildman–Crippen MR) is 83.0 cm³/mol. The topological polar surface area (TPSA) is 78.6 Å². The van der Waals surface area contributed by atoms with Gasteiger partial charge in [-0.25, -0.2) is 0 Å². The van der Waals surface area contributed by atoms with Crippen LogP contribution in [-0.2, 0) is 0 Å². The molecule has 5 nitrogen and oxygen atoms in total. The Labute approximate surface area is 130 Å². The van der Waals surface area contributed by atoms with Crippen molar-refractivity contribution in [2.24, 2.45) is 4.99 Å². The van der Waals surface area contributed by atoms with Crippen molar-refractivity contribution in [1.29, 1.82) is 0 Å². The van der Waals surface area contributed by atoms with Crippen LogP contribution in [-0.4, -0.2) is 17.4 Å². The van der Waals surface area contributed by atoms with Crippen molar-refractivity contribution in [2.75, 3.05) is 6.26 Å². The third-order valence-corrected chi connectivity index (χ3v) is 3.65. The number of aliphatic imine (C=N–C) groups is 1. The van der Waals surface area contributed by atoms with Crippen LogP contribution in [0.4, 0.5) is 11.4 Å². The Morgan fingerprint density at radius 3 is 2.52 bits per heavy atom. The van der Waals surface area contributed by atoms with E-state index >= 15 is 0 Å². The average molecular weight is 322 g/mol. The molecular weight excluding hydrogens is 312 g/mol. The Balaban J connectivity index is 2.33. The molecule has 0 fully saturated rings. The maximum atomic E-state index is 11.9. The zero-order chi connectivity index (χ0) is 15.4. The molecule has 0 N–H and O–H groups in total. The first kappa shape index (κ1) is 15.3. The summed E-state index contributed by atoms with van der Waals surface area (Å²) in [4.78, 5) is 15.3. The van der Waals surface area contributed by atoms with Crippen LogP contribution in [0.15, 0.2) is 46.3 Å². The Kier molecular flexibility index (Phi) is 4.82. The molecular formula is C14H10ClN2O3S-. The normalized spacial score (nSPS) is 11.0. The molecule has 0 atom stereocenters. The number of nitrogens with zero attached hydrogens (tertiary/aromatic N) is 2. The van der Waals surface area contributed by atoms with Crippen LogP contribution in [0.1, 0.15) is 5.56 Å². The van der Waals surface area contributed by atoms with E-state index in [2.05, 4.69) is 4.99 Å². The van der Waals surface area contributed by atoms with Crippen LogP contribution in [0, 0.1) is 10.1 Å². The number of nitro benzene ring substituents is 1. The van der Waals surface area contributed by atoms with Gasteiger partial charge in [-0.15, -0.1) is 11.8 Å². The first-order valence-corrected chi connectivity index (χ1v) is 7.44. The van der Waals surface area contributed by atoms with Gasteiger partial charge in [0.05, 0.1) is 10.6 Å². The predicted octanol–water partition coefficient (Wildman–Crippen LogP) is 3.79. The minimum Gasteiger partial charge on any atom is -0.867 e. The third-order valence-electron chi connectivity index (χ3n) is 2.68. The lowest BCUT2D eigenvalue weighted by Gasteiger charge is -2.10. The smallest absolute Gasteiger partial charge is 0.263 e. The van der Waals surface area contributed by atoms with E-state index in [1.807, 2.05) is 18.4 Å². The number of nitro groups is 1. The van der Waals surface area contributed by atoms with Gasteiger partial charge in [0, 0.05) is 22.2 Å². The molecule has 2 rings (SSSR count). The Morgan fingerprint density at radius 1 is 1.29 bits per heavy atom. The highest BCUT2D eigenvalue weighted by molar-refractivity contribution is 7.98. The Hall–Kier alpha value is -2.05. The van der Waals surface area contributed by atoms with E-state index < -0.39 is 16.4 Å². The maximum absolute atomic E-state index is 11.9. The molecule has 0 aliphatic rings. The van der Waals surface area contributed by atoms with E-state index in [1.165, 1.54) is 12.3 Å². The molecule has 0 bridgehead atoms. The fourth-order valence-electron chi connectivity index (χ4n) is 1.64. The minimum atomic E-state index is -0.751. The first-order chi connectivity index (χ1) is 10.0. The van der Waals surface area contributed by atoms with Crippen LogP contribution in [0.2, 0.25) is 5.02 Å². The van der Waals surface area contributed by atoms with Gasteiger partial charge in [-0.1, -0.05) is 11.6 Å².